The van der Waals surface area contributed by atoms with Gasteiger partial charge in [0, 0.05) is 31.1 Å². The number of hydrogen-bond acceptors (Lipinski definition) is 4. The summed E-state index contributed by atoms with van der Waals surface area (Å²) in [7, 11) is 1.84. The van der Waals surface area contributed by atoms with Gasteiger partial charge in [0.1, 0.15) is 5.82 Å². The fraction of sp³-hybridized carbons (Fsp3) is 0.516. The van der Waals surface area contributed by atoms with Gasteiger partial charge in [0.25, 0.3) is 5.91 Å². The van der Waals surface area contributed by atoms with Crippen LogP contribution in [0.1, 0.15) is 79.9 Å². The molecular weight excluding hydrogens is 481 g/mol. The lowest BCUT2D eigenvalue weighted by Gasteiger charge is -2.34. The zero-order valence-electron chi connectivity index (χ0n) is 22.0. The first kappa shape index (κ1) is 25.2. The van der Waals surface area contributed by atoms with Crippen molar-refractivity contribution >= 4 is 22.7 Å². The Morgan fingerprint density at radius 1 is 1.00 bits per heavy atom. The van der Waals surface area contributed by atoms with E-state index in [-0.39, 0.29) is 36.0 Å². The summed E-state index contributed by atoms with van der Waals surface area (Å²) in [6, 6.07) is 10.8. The Morgan fingerprint density at radius 3 is 2.50 bits per heavy atom. The van der Waals surface area contributed by atoms with Crippen LogP contribution >= 0.6 is 0 Å². The quantitative estimate of drug-likeness (QED) is 0.488. The largest absolute Gasteiger partial charge is 0.393 e. The number of aromatic nitrogens is 2. The van der Waals surface area contributed by atoms with E-state index in [1.54, 1.807) is 17.0 Å². The molecule has 3 fully saturated rings. The van der Waals surface area contributed by atoms with Crippen molar-refractivity contribution in [1.29, 1.82) is 0 Å². The van der Waals surface area contributed by atoms with Gasteiger partial charge in [0.2, 0.25) is 0 Å². The van der Waals surface area contributed by atoms with Crippen LogP contribution in [0.15, 0.2) is 36.4 Å². The van der Waals surface area contributed by atoms with E-state index in [2.05, 4.69) is 6.07 Å². The molecule has 2 saturated carbocycles. The molecule has 2 aliphatic carbocycles. The number of benzene rings is 2. The van der Waals surface area contributed by atoms with Crippen molar-refractivity contribution in [1.82, 2.24) is 14.5 Å². The first-order valence-electron chi connectivity index (χ1n) is 14.1. The summed E-state index contributed by atoms with van der Waals surface area (Å²) in [4.78, 5) is 33.2. The van der Waals surface area contributed by atoms with Gasteiger partial charge in [-0.2, -0.15) is 0 Å². The van der Waals surface area contributed by atoms with Gasteiger partial charge in [-0.1, -0.05) is 18.2 Å². The number of Topliss-reactive ketones (excluding diaryl/α,β-unsaturated/α-hetero) is 1. The third kappa shape index (κ3) is 4.89. The molecule has 1 aliphatic heterocycles. The molecule has 3 aliphatic rings. The predicted molar refractivity (Wildman–Crippen MR) is 144 cm³/mol. The van der Waals surface area contributed by atoms with E-state index in [0.29, 0.717) is 47.4 Å². The van der Waals surface area contributed by atoms with Gasteiger partial charge < -0.3 is 14.6 Å². The lowest BCUT2D eigenvalue weighted by atomic mass is 9.75. The number of nitrogens with zero attached hydrogens (tertiary/aromatic N) is 3. The topological polar surface area (TPSA) is 75.4 Å². The molecule has 0 spiro atoms. The Balaban J connectivity index is 1.28. The van der Waals surface area contributed by atoms with Crippen LogP contribution in [-0.2, 0) is 11.8 Å². The number of carbonyl (C=O) groups excluding carboxylic acids is 2. The summed E-state index contributed by atoms with van der Waals surface area (Å²) in [6.07, 6.45) is 7.90. The molecule has 1 unspecified atom stereocenters. The number of ketones is 1. The molecule has 0 radical (unpaired) electrons. The molecule has 6 nitrogen and oxygen atoms in total. The van der Waals surface area contributed by atoms with Gasteiger partial charge in [0.15, 0.2) is 11.6 Å². The van der Waals surface area contributed by atoms with E-state index in [0.717, 1.165) is 62.4 Å². The zero-order chi connectivity index (χ0) is 26.4. The number of amides is 1. The minimum Gasteiger partial charge on any atom is -0.393 e. The minimum atomic E-state index is -0.309. The standard InChI is InChI=1S/C31H36FN3O3/c1-34-28-17-22(20-8-9-20)16-26(25-6-2-3-7-27(25)32)29(28)33-30(34)31(38)35-14-4-5-21(15-24(37)18-35)19-10-12-23(36)13-11-19/h2-3,6-7,16-17,19-21,23,36H,4-5,8-15,18H2,1H3. The van der Waals surface area contributed by atoms with E-state index >= 15 is 0 Å². The predicted octanol–water partition coefficient (Wildman–Crippen LogP) is 5.62. The van der Waals surface area contributed by atoms with Crippen molar-refractivity contribution in [3.63, 3.8) is 0 Å². The van der Waals surface area contributed by atoms with E-state index in [4.69, 9.17) is 4.98 Å². The second-order valence-electron chi connectivity index (χ2n) is 11.6. The molecule has 2 heterocycles. The van der Waals surface area contributed by atoms with Crippen molar-refractivity contribution in [2.24, 2.45) is 18.9 Å². The fourth-order valence-corrected chi connectivity index (χ4v) is 6.62. The van der Waals surface area contributed by atoms with Crippen LogP contribution in [0.25, 0.3) is 22.2 Å². The number of hydrogen-bond donors (Lipinski definition) is 1. The molecular formula is C31H36FN3O3. The Morgan fingerprint density at radius 2 is 1.76 bits per heavy atom. The average Bonchev–Trinajstić information content (AvgIpc) is 3.70. The van der Waals surface area contributed by atoms with Crippen LogP contribution in [0, 0.1) is 17.7 Å². The van der Waals surface area contributed by atoms with Crippen molar-refractivity contribution in [3.05, 3.63) is 53.6 Å². The van der Waals surface area contributed by atoms with Gasteiger partial charge in [-0.3, -0.25) is 9.59 Å². The highest BCUT2D eigenvalue weighted by Crippen LogP contribution is 2.44. The van der Waals surface area contributed by atoms with Gasteiger partial charge in [-0.25, -0.2) is 9.37 Å². The van der Waals surface area contributed by atoms with Crippen molar-refractivity contribution in [3.8, 4) is 11.1 Å². The second kappa shape index (κ2) is 10.3. The first-order valence-corrected chi connectivity index (χ1v) is 14.1. The molecule has 3 aromatic rings. The number of aliphatic hydroxyl groups is 1. The molecule has 1 N–H and O–H groups in total. The summed E-state index contributed by atoms with van der Waals surface area (Å²) in [5, 5.41) is 9.86. The third-order valence-electron chi connectivity index (χ3n) is 8.97. The summed E-state index contributed by atoms with van der Waals surface area (Å²) >= 11 is 0. The Hall–Kier alpha value is -3.06. The highest BCUT2D eigenvalue weighted by atomic mass is 19.1. The molecule has 1 aromatic heterocycles. The third-order valence-corrected chi connectivity index (χ3v) is 8.97. The minimum absolute atomic E-state index is 0.0935. The maximum atomic E-state index is 14.9. The number of rotatable bonds is 4. The van der Waals surface area contributed by atoms with Crippen LogP contribution in [0.5, 0.6) is 0 Å². The molecule has 1 atom stereocenters. The zero-order valence-corrected chi connectivity index (χ0v) is 22.0. The van der Waals surface area contributed by atoms with Crippen LogP contribution < -0.4 is 0 Å². The fourth-order valence-electron chi connectivity index (χ4n) is 6.62. The average molecular weight is 518 g/mol. The highest BCUT2D eigenvalue weighted by Gasteiger charge is 2.33. The maximum absolute atomic E-state index is 14.9. The van der Waals surface area contributed by atoms with Crippen LogP contribution in [-0.4, -0.2) is 50.4 Å². The maximum Gasteiger partial charge on any atom is 0.290 e. The summed E-state index contributed by atoms with van der Waals surface area (Å²) in [5.74, 6) is 1.12. The van der Waals surface area contributed by atoms with Gasteiger partial charge >= 0.3 is 0 Å². The molecule has 7 heteroatoms. The number of fused-ring (bicyclic) bond motifs is 1. The lowest BCUT2D eigenvalue weighted by Crippen LogP contribution is -2.40. The second-order valence-corrected chi connectivity index (χ2v) is 11.6. The molecule has 2 aromatic carbocycles. The van der Waals surface area contributed by atoms with Crippen molar-refractivity contribution in [2.75, 3.05) is 13.1 Å². The molecule has 1 saturated heterocycles. The number of likely N-dealkylation sites (tertiary alicyclic amines) is 1. The van der Waals surface area contributed by atoms with E-state index in [9.17, 15) is 19.1 Å². The normalized spacial score (nSPS) is 24.9. The van der Waals surface area contributed by atoms with Gasteiger partial charge in [0.05, 0.1) is 23.7 Å². The highest BCUT2D eigenvalue weighted by molar-refractivity contribution is 6.00. The van der Waals surface area contributed by atoms with Crippen LogP contribution in [0.3, 0.4) is 0 Å². The molecule has 1 amide bonds. The lowest BCUT2D eigenvalue weighted by molar-refractivity contribution is -0.121. The van der Waals surface area contributed by atoms with Crippen molar-refractivity contribution in [2.45, 2.75) is 69.8 Å². The van der Waals surface area contributed by atoms with Gasteiger partial charge in [-0.05, 0) is 92.9 Å². The Kier molecular flexibility index (Phi) is 6.81. The Bertz CT molecular complexity index is 1370. The Labute approximate surface area is 222 Å². The van der Waals surface area contributed by atoms with Crippen LogP contribution in [0.2, 0.25) is 0 Å². The number of imidazole rings is 1. The first-order chi connectivity index (χ1) is 18.4. The van der Waals surface area contributed by atoms with E-state index < -0.39 is 0 Å². The number of carbonyl (C=O) groups is 2. The van der Waals surface area contributed by atoms with Crippen LogP contribution in [0.4, 0.5) is 4.39 Å². The molecule has 38 heavy (non-hydrogen) atoms. The SMILES string of the molecule is Cn1c(C(=O)N2CCCC(C3CCC(O)CC3)CC(=O)C2)nc2c(-c3ccccc3F)cc(C3CC3)cc21. The molecule has 200 valence electrons. The van der Waals surface area contributed by atoms with Gasteiger partial charge in [-0.15, -0.1) is 0 Å². The monoisotopic (exact) mass is 517 g/mol. The summed E-state index contributed by atoms with van der Waals surface area (Å²) < 4.78 is 16.7. The van der Waals surface area contributed by atoms with E-state index in [1.165, 1.54) is 6.07 Å². The summed E-state index contributed by atoms with van der Waals surface area (Å²) in [5.41, 5.74) is 3.78. The smallest absolute Gasteiger partial charge is 0.290 e. The molecule has 0 bridgehead atoms. The number of aliphatic hydroxyl groups excluding tert-OH is 1. The van der Waals surface area contributed by atoms with Crippen molar-refractivity contribution < 1.29 is 19.1 Å². The number of halogens is 1. The number of aryl methyl sites for hydroxylation is 1. The van der Waals surface area contributed by atoms with E-state index in [1.807, 2.05) is 23.7 Å². The summed E-state index contributed by atoms with van der Waals surface area (Å²) in [6.45, 7) is 0.620. The molecule has 6 rings (SSSR count).